The van der Waals surface area contributed by atoms with E-state index in [1.807, 2.05) is 13.8 Å². The average molecular weight is 376 g/mol. The lowest BCUT2D eigenvalue weighted by Crippen LogP contribution is -2.11. The van der Waals surface area contributed by atoms with Crippen molar-refractivity contribution < 1.29 is 9.47 Å². The molecule has 0 amide bonds. The predicted octanol–water partition coefficient (Wildman–Crippen LogP) is 6.24. The van der Waals surface area contributed by atoms with Gasteiger partial charge in [0.15, 0.2) is 11.5 Å². The number of ether oxygens (including phenoxy) is 2. The first kappa shape index (κ1) is 19.2. The Morgan fingerprint density at radius 3 is 2.48 bits per heavy atom. The summed E-state index contributed by atoms with van der Waals surface area (Å²) >= 11 is 12.3. The van der Waals surface area contributed by atoms with E-state index in [-0.39, 0.29) is 6.10 Å². The van der Waals surface area contributed by atoms with Gasteiger partial charge in [0.1, 0.15) is 0 Å². The zero-order chi connectivity index (χ0) is 18.4. The minimum absolute atomic E-state index is 0.0246. The lowest BCUT2D eigenvalue weighted by atomic mass is 10.0. The van der Waals surface area contributed by atoms with E-state index in [9.17, 15) is 5.26 Å². The maximum atomic E-state index is 9.47. The van der Waals surface area contributed by atoms with Crippen LogP contribution in [0.25, 0.3) is 11.6 Å². The van der Waals surface area contributed by atoms with Gasteiger partial charge in [0.2, 0.25) is 0 Å². The maximum absolute atomic E-state index is 9.47. The Morgan fingerprint density at radius 2 is 1.92 bits per heavy atom. The predicted molar refractivity (Wildman–Crippen MR) is 103 cm³/mol. The zero-order valence-corrected chi connectivity index (χ0v) is 15.9. The molecule has 0 saturated carbocycles. The van der Waals surface area contributed by atoms with Gasteiger partial charge in [-0.3, -0.25) is 0 Å². The molecule has 0 aliphatic carbocycles. The highest BCUT2D eigenvalue weighted by molar-refractivity contribution is 6.32. The Hall–Kier alpha value is -2.15. The van der Waals surface area contributed by atoms with Crippen LogP contribution in [0.3, 0.4) is 0 Å². The summed E-state index contributed by atoms with van der Waals surface area (Å²) in [6.07, 6.45) is 2.64. The van der Waals surface area contributed by atoms with E-state index < -0.39 is 0 Å². The third-order valence-electron chi connectivity index (χ3n) is 3.73. The van der Waals surface area contributed by atoms with Crippen molar-refractivity contribution in [2.75, 3.05) is 7.11 Å². The number of nitrogens with zero attached hydrogens (tertiary/aromatic N) is 1. The molecule has 2 aromatic carbocycles. The van der Waals surface area contributed by atoms with Gasteiger partial charge in [-0.15, -0.1) is 0 Å². The Balaban J connectivity index is 2.43. The third kappa shape index (κ3) is 4.92. The monoisotopic (exact) mass is 375 g/mol. The summed E-state index contributed by atoms with van der Waals surface area (Å²) in [6.45, 7) is 4.01. The van der Waals surface area contributed by atoms with Crippen LogP contribution in [0, 0.1) is 11.3 Å². The fourth-order valence-corrected chi connectivity index (χ4v) is 2.59. The second kappa shape index (κ2) is 8.80. The van der Waals surface area contributed by atoms with Gasteiger partial charge in [-0.2, -0.15) is 5.26 Å². The van der Waals surface area contributed by atoms with Gasteiger partial charge in [0.05, 0.1) is 29.9 Å². The Bertz CT molecular complexity index is 808. The van der Waals surface area contributed by atoms with Crippen molar-refractivity contribution in [2.24, 2.45) is 0 Å². The van der Waals surface area contributed by atoms with Crippen LogP contribution in [0.2, 0.25) is 10.0 Å². The molecule has 0 N–H and O–H groups in total. The molecule has 0 aliphatic rings. The maximum Gasteiger partial charge on any atom is 0.180 e. The van der Waals surface area contributed by atoms with Crippen molar-refractivity contribution in [1.82, 2.24) is 0 Å². The number of halogens is 2. The minimum atomic E-state index is 0.0246. The average Bonchev–Trinajstić information content (AvgIpc) is 2.62. The highest BCUT2D eigenvalue weighted by Crippen LogP contribution is 2.38. The smallest absolute Gasteiger partial charge is 0.180 e. The van der Waals surface area contributed by atoms with E-state index in [1.54, 1.807) is 49.6 Å². The third-order valence-corrected chi connectivity index (χ3v) is 4.27. The quantitative estimate of drug-likeness (QED) is 0.442. The summed E-state index contributed by atoms with van der Waals surface area (Å²) in [5.74, 6) is 1.05. The molecule has 0 heterocycles. The summed E-state index contributed by atoms with van der Waals surface area (Å²) in [4.78, 5) is 0. The van der Waals surface area contributed by atoms with Crippen LogP contribution in [-0.2, 0) is 0 Å². The molecule has 1 unspecified atom stereocenters. The van der Waals surface area contributed by atoms with Gasteiger partial charge in [0, 0.05) is 5.02 Å². The topological polar surface area (TPSA) is 42.2 Å². The Morgan fingerprint density at radius 1 is 1.24 bits per heavy atom. The lowest BCUT2D eigenvalue weighted by Gasteiger charge is -2.17. The number of allylic oxidation sites excluding steroid dienone is 1. The number of nitriles is 1. The largest absolute Gasteiger partial charge is 0.493 e. The molecule has 2 aromatic rings. The van der Waals surface area contributed by atoms with Crippen molar-refractivity contribution in [1.29, 1.82) is 5.26 Å². The van der Waals surface area contributed by atoms with E-state index in [0.29, 0.717) is 27.1 Å². The van der Waals surface area contributed by atoms with Crippen molar-refractivity contribution in [3.63, 3.8) is 0 Å². The molecule has 130 valence electrons. The van der Waals surface area contributed by atoms with Gasteiger partial charge < -0.3 is 9.47 Å². The molecule has 5 heteroatoms. The molecule has 0 radical (unpaired) electrons. The molecular weight excluding hydrogens is 357 g/mol. The normalized spacial score (nSPS) is 12.4. The molecule has 25 heavy (non-hydrogen) atoms. The summed E-state index contributed by atoms with van der Waals surface area (Å²) in [6, 6.07) is 12.9. The summed E-state index contributed by atoms with van der Waals surface area (Å²) in [7, 11) is 1.56. The first-order chi connectivity index (χ1) is 12.0. The number of benzene rings is 2. The van der Waals surface area contributed by atoms with E-state index in [0.717, 1.165) is 17.5 Å². The summed E-state index contributed by atoms with van der Waals surface area (Å²) in [5.41, 5.74) is 2.04. The number of hydrogen-bond acceptors (Lipinski definition) is 3. The van der Waals surface area contributed by atoms with Gasteiger partial charge in [-0.1, -0.05) is 42.3 Å². The molecule has 1 atom stereocenters. The first-order valence-electron chi connectivity index (χ1n) is 7.90. The summed E-state index contributed by atoms with van der Waals surface area (Å²) < 4.78 is 11.3. The second-order valence-electron chi connectivity index (χ2n) is 5.55. The van der Waals surface area contributed by atoms with Gasteiger partial charge >= 0.3 is 0 Å². The minimum Gasteiger partial charge on any atom is -0.493 e. The van der Waals surface area contributed by atoms with Crippen molar-refractivity contribution in [2.45, 2.75) is 26.4 Å². The van der Waals surface area contributed by atoms with E-state index in [4.69, 9.17) is 32.7 Å². The van der Waals surface area contributed by atoms with E-state index in [1.165, 1.54) is 0 Å². The second-order valence-corrected chi connectivity index (χ2v) is 6.39. The standard InChI is InChI=1S/C20H19Cl2NO2/c1-4-13(2)25-20-18(22)10-14(11-19(20)24-3)9-16(12-23)15-5-7-17(21)8-6-15/h5-11,13H,4H2,1-3H3/b16-9-. The molecule has 0 saturated heterocycles. The van der Waals surface area contributed by atoms with Crippen LogP contribution < -0.4 is 9.47 Å². The van der Waals surface area contributed by atoms with Crippen LogP contribution in [0.1, 0.15) is 31.4 Å². The van der Waals surface area contributed by atoms with Crippen LogP contribution >= 0.6 is 23.2 Å². The van der Waals surface area contributed by atoms with Crippen LogP contribution in [0.5, 0.6) is 11.5 Å². The van der Waals surface area contributed by atoms with Crippen molar-refractivity contribution in [3.05, 3.63) is 57.6 Å². The van der Waals surface area contributed by atoms with Crippen molar-refractivity contribution in [3.8, 4) is 17.6 Å². The molecular formula is C20H19Cl2NO2. The highest BCUT2D eigenvalue weighted by Gasteiger charge is 2.14. The Labute approximate surface area is 158 Å². The number of methoxy groups -OCH3 is 1. The van der Waals surface area contributed by atoms with E-state index >= 15 is 0 Å². The molecule has 0 spiro atoms. The van der Waals surface area contributed by atoms with Crippen molar-refractivity contribution >= 4 is 34.9 Å². The fraction of sp³-hybridized carbons (Fsp3) is 0.250. The lowest BCUT2D eigenvalue weighted by molar-refractivity contribution is 0.208. The van der Waals surface area contributed by atoms with Gasteiger partial charge in [0.25, 0.3) is 0 Å². The number of rotatable bonds is 6. The molecule has 0 aliphatic heterocycles. The first-order valence-corrected chi connectivity index (χ1v) is 8.66. The van der Waals surface area contributed by atoms with Crippen LogP contribution in [-0.4, -0.2) is 13.2 Å². The molecule has 0 bridgehead atoms. The SMILES string of the molecule is CCC(C)Oc1c(Cl)cc(/C=C(/C#N)c2ccc(Cl)cc2)cc1OC. The van der Waals surface area contributed by atoms with Gasteiger partial charge in [-0.25, -0.2) is 0 Å². The number of hydrogen-bond donors (Lipinski definition) is 0. The fourth-order valence-electron chi connectivity index (χ4n) is 2.20. The molecule has 0 fully saturated rings. The molecule has 3 nitrogen and oxygen atoms in total. The zero-order valence-electron chi connectivity index (χ0n) is 14.3. The Kier molecular flexibility index (Phi) is 6.75. The highest BCUT2D eigenvalue weighted by atomic mass is 35.5. The van der Waals surface area contributed by atoms with E-state index in [2.05, 4.69) is 6.07 Å². The van der Waals surface area contributed by atoms with Gasteiger partial charge in [-0.05, 0) is 54.8 Å². The van der Waals surface area contributed by atoms with Crippen LogP contribution in [0.4, 0.5) is 0 Å². The summed E-state index contributed by atoms with van der Waals surface area (Å²) in [5, 5.41) is 10.5. The molecule has 0 aromatic heterocycles. The van der Waals surface area contributed by atoms with Crippen LogP contribution in [0.15, 0.2) is 36.4 Å². The molecule has 2 rings (SSSR count).